The number of hydrogen-bond acceptors (Lipinski definition) is 3. The van der Waals surface area contributed by atoms with E-state index in [1.54, 1.807) is 0 Å². The van der Waals surface area contributed by atoms with Crippen molar-refractivity contribution in [3.8, 4) is 0 Å². The summed E-state index contributed by atoms with van der Waals surface area (Å²) in [6.45, 7) is 1.46. The Kier molecular flexibility index (Phi) is 3.92. The molecule has 6 heteroatoms. The van der Waals surface area contributed by atoms with Gasteiger partial charge in [-0.2, -0.15) is 0 Å². The monoisotopic (exact) mass is 240 g/mol. The fraction of sp³-hybridized carbons (Fsp3) is 0.0909. The molecule has 0 aliphatic rings. The number of carboxylic acid groups (broad SMARTS) is 1. The van der Waals surface area contributed by atoms with Crippen LogP contribution in [0.5, 0.6) is 0 Å². The second-order valence-electron chi connectivity index (χ2n) is 3.25. The fourth-order valence-electron chi connectivity index (χ4n) is 1.08. The minimum atomic E-state index is -1.29. The van der Waals surface area contributed by atoms with Gasteiger partial charge in [0, 0.05) is 11.8 Å². The van der Waals surface area contributed by atoms with Gasteiger partial charge in [0.05, 0.1) is 5.69 Å². The molecule has 0 unspecified atom stereocenters. The standard InChI is InChI=1S/C11H10F2N2O2/c1-6(4-9(14)11(16)17)15-10-3-2-7(12)5-8(10)13/h2-5H,14H2,1H3,(H,16,17). The summed E-state index contributed by atoms with van der Waals surface area (Å²) < 4.78 is 25.8. The van der Waals surface area contributed by atoms with E-state index in [-0.39, 0.29) is 11.4 Å². The molecular weight excluding hydrogens is 230 g/mol. The van der Waals surface area contributed by atoms with Crippen LogP contribution in [0, 0.1) is 11.6 Å². The molecule has 0 spiro atoms. The number of nitrogens with two attached hydrogens (primary N) is 1. The van der Waals surface area contributed by atoms with Crippen LogP contribution in [0.2, 0.25) is 0 Å². The molecule has 0 radical (unpaired) electrons. The molecule has 3 N–H and O–H groups in total. The molecule has 0 aliphatic heterocycles. The molecule has 1 rings (SSSR count). The van der Waals surface area contributed by atoms with Crippen molar-refractivity contribution in [2.24, 2.45) is 10.7 Å². The lowest BCUT2D eigenvalue weighted by molar-refractivity contribution is -0.132. The fourth-order valence-corrected chi connectivity index (χ4v) is 1.08. The number of carboxylic acids is 1. The molecular formula is C11H10F2N2O2. The van der Waals surface area contributed by atoms with Gasteiger partial charge in [0.1, 0.15) is 11.5 Å². The average Bonchev–Trinajstić information content (AvgIpc) is 2.22. The number of allylic oxidation sites excluding steroid dienone is 1. The Bertz CT molecular complexity index is 510. The van der Waals surface area contributed by atoms with Crippen LogP contribution in [0.4, 0.5) is 14.5 Å². The van der Waals surface area contributed by atoms with Crippen molar-refractivity contribution in [1.82, 2.24) is 0 Å². The van der Waals surface area contributed by atoms with Crippen LogP contribution < -0.4 is 5.73 Å². The van der Waals surface area contributed by atoms with Crippen LogP contribution in [-0.4, -0.2) is 16.8 Å². The molecule has 0 heterocycles. The van der Waals surface area contributed by atoms with Gasteiger partial charge in [-0.1, -0.05) is 0 Å². The van der Waals surface area contributed by atoms with Crippen LogP contribution >= 0.6 is 0 Å². The lowest BCUT2D eigenvalue weighted by Gasteiger charge is -1.99. The maximum atomic E-state index is 13.2. The van der Waals surface area contributed by atoms with Crippen molar-refractivity contribution < 1.29 is 18.7 Å². The number of benzene rings is 1. The molecule has 0 saturated carbocycles. The van der Waals surface area contributed by atoms with Crippen LogP contribution in [-0.2, 0) is 4.79 Å². The van der Waals surface area contributed by atoms with Crippen molar-refractivity contribution in [3.05, 3.63) is 41.6 Å². The Hall–Kier alpha value is -2.24. The second kappa shape index (κ2) is 5.20. The van der Waals surface area contributed by atoms with E-state index in [4.69, 9.17) is 10.8 Å². The summed E-state index contributed by atoms with van der Waals surface area (Å²) in [6.07, 6.45) is 1.09. The van der Waals surface area contributed by atoms with E-state index >= 15 is 0 Å². The Labute approximate surface area is 96.1 Å². The van der Waals surface area contributed by atoms with Gasteiger partial charge in [-0.3, -0.25) is 4.99 Å². The topological polar surface area (TPSA) is 75.7 Å². The van der Waals surface area contributed by atoms with Gasteiger partial charge < -0.3 is 10.8 Å². The molecule has 0 aromatic heterocycles. The molecule has 0 saturated heterocycles. The molecule has 4 nitrogen and oxygen atoms in total. The largest absolute Gasteiger partial charge is 0.477 e. The van der Waals surface area contributed by atoms with Gasteiger partial charge in [0.25, 0.3) is 0 Å². The van der Waals surface area contributed by atoms with Crippen LogP contribution in [0.3, 0.4) is 0 Å². The van der Waals surface area contributed by atoms with E-state index in [0.29, 0.717) is 6.07 Å². The SMILES string of the molecule is CC(C=C(N)C(=O)O)=Nc1ccc(F)cc1F. The predicted molar refractivity (Wildman–Crippen MR) is 59.0 cm³/mol. The maximum Gasteiger partial charge on any atom is 0.351 e. The molecule has 0 aliphatic carbocycles. The van der Waals surface area contributed by atoms with E-state index in [9.17, 15) is 13.6 Å². The molecule has 0 atom stereocenters. The number of aliphatic imine (C=N–C) groups is 1. The van der Waals surface area contributed by atoms with Gasteiger partial charge in [-0.15, -0.1) is 0 Å². The number of rotatable bonds is 3. The number of carbonyl (C=O) groups is 1. The summed E-state index contributed by atoms with van der Waals surface area (Å²) in [5.74, 6) is -2.83. The third-order valence-electron chi connectivity index (χ3n) is 1.82. The average molecular weight is 240 g/mol. The van der Waals surface area contributed by atoms with Crippen molar-refractivity contribution >= 4 is 17.4 Å². The van der Waals surface area contributed by atoms with E-state index in [2.05, 4.69) is 4.99 Å². The molecule has 1 aromatic carbocycles. The molecule has 90 valence electrons. The summed E-state index contributed by atoms with van der Waals surface area (Å²) in [5.41, 5.74) is 4.87. The first-order valence-corrected chi connectivity index (χ1v) is 4.61. The van der Waals surface area contributed by atoms with Gasteiger partial charge in [0.2, 0.25) is 0 Å². The lowest BCUT2D eigenvalue weighted by atomic mass is 10.2. The number of halogens is 2. The van der Waals surface area contributed by atoms with E-state index in [0.717, 1.165) is 18.2 Å². The quantitative estimate of drug-likeness (QED) is 0.626. The first kappa shape index (κ1) is 12.8. The molecule has 1 aromatic rings. The Balaban J connectivity index is 3.03. The van der Waals surface area contributed by atoms with Crippen molar-refractivity contribution in [2.45, 2.75) is 6.92 Å². The lowest BCUT2D eigenvalue weighted by Crippen LogP contribution is -2.11. The smallest absolute Gasteiger partial charge is 0.351 e. The summed E-state index contributed by atoms with van der Waals surface area (Å²) >= 11 is 0. The molecule has 0 fully saturated rings. The van der Waals surface area contributed by atoms with Crippen LogP contribution in [0.1, 0.15) is 6.92 Å². The third-order valence-corrected chi connectivity index (χ3v) is 1.82. The van der Waals surface area contributed by atoms with Gasteiger partial charge in [0.15, 0.2) is 5.82 Å². The molecule has 0 bridgehead atoms. The Morgan fingerprint density at radius 1 is 1.47 bits per heavy atom. The summed E-state index contributed by atoms with van der Waals surface area (Å²) in [4.78, 5) is 14.2. The van der Waals surface area contributed by atoms with Gasteiger partial charge >= 0.3 is 5.97 Å². The predicted octanol–water partition coefficient (Wildman–Crippen LogP) is 1.98. The van der Waals surface area contributed by atoms with Crippen LogP contribution in [0.15, 0.2) is 35.0 Å². The first-order chi connectivity index (χ1) is 7.90. The first-order valence-electron chi connectivity index (χ1n) is 4.61. The van der Waals surface area contributed by atoms with Crippen molar-refractivity contribution in [2.75, 3.05) is 0 Å². The highest BCUT2D eigenvalue weighted by Crippen LogP contribution is 2.18. The van der Waals surface area contributed by atoms with Gasteiger partial charge in [-0.05, 0) is 25.1 Å². The number of hydrogen-bond donors (Lipinski definition) is 2. The second-order valence-corrected chi connectivity index (χ2v) is 3.25. The Morgan fingerprint density at radius 2 is 2.12 bits per heavy atom. The molecule has 0 amide bonds. The minimum Gasteiger partial charge on any atom is -0.477 e. The maximum absolute atomic E-state index is 13.2. The summed E-state index contributed by atoms with van der Waals surface area (Å²) in [6, 6.07) is 2.90. The molecule has 17 heavy (non-hydrogen) atoms. The number of nitrogens with zero attached hydrogens (tertiary/aromatic N) is 1. The highest BCUT2D eigenvalue weighted by atomic mass is 19.1. The van der Waals surface area contributed by atoms with Gasteiger partial charge in [-0.25, -0.2) is 13.6 Å². The zero-order valence-electron chi connectivity index (χ0n) is 8.95. The summed E-state index contributed by atoms with van der Waals surface area (Å²) in [7, 11) is 0. The zero-order valence-corrected chi connectivity index (χ0v) is 8.95. The minimum absolute atomic E-state index is 0.0849. The highest BCUT2D eigenvalue weighted by molar-refractivity contribution is 6.01. The normalized spacial score (nSPS) is 12.6. The van der Waals surface area contributed by atoms with E-state index in [1.165, 1.54) is 6.92 Å². The van der Waals surface area contributed by atoms with Crippen molar-refractivity contribution in [1.29, 1.82) is 0 Å². The number of aliphatic carboxylic acids is 1. The third kappa shape index (κ3) is 3.67. The van der Waals surface area contributed by atoms with Crippen molar-refractivity contribution in [3.63, 3.8) is 0 Å². The van der Waals surface area contributed by atoms with Crippen LogP contribution in [0.25, 0.3) is 0 Å². The van der Waals surface area contributed by atoms with E-state index < -0.39 is 23.3 Å². The zero-order chi connectivity index (χ0) is 13.0. The Morgan fingerprint density at radius 3 is 2.65 bits per heavy atom. The highest BCUT2D eigenvalue weighted by Gasteiger charge is 2.04. The van der Waals surface area contributed by atoms with E-state index in [1.807, 2.05) is 0 Å². The summed E-state index contributed by atoms with van der Waals surface area (Å²) in [5, 5.41) is 8.52.